The highest BCUT2D eigenvalue weighted by Crippen LogP contribution is 2.64. The summed E-state index contributed by atoms with van der Waals surface area (Å²) in [6, 6.07) is 0.0803. The fourth-order valence-electron chi connectivity index (χ4n) is 5.01. The summed E-state index contributed by atoms with van der Waals surface area (Å²) in [7, 11) is -4.07. The monoisotopic (exact) mass is 639 g/mol. The van der Waals surface area contributed by atoms with Gasteiger partial charge in [-0.25, -0.2) is 18.1 Å². The van der Waals surface area contributed by atoms with E-state index in [9.17, 15) is 43.7 Å². The van der Waals surface area contributed by atoms with Gasteiger partial charge in [0.25, 0.3) is 5.56 Å². The van der Waals surface area contributed by atoms with Crippen LogP contribution in [0.25, 0.3) is 0 Å². The minimum atomic E-state index is -5.35. The number of halogens is 1. The van der Waals surface area contributed by atoms with Crippen molar-refractivity contribution in [1.82, 2.24) is 9.55 Å². The Balaban J connectivity index is 1.37. The van der Waals surface area contributed by atoms with E-state index in [1.54, 1.807) is 0 Å². The number of aromatic nitrogens is 2. The minimum Gasteiger partial charge on any atom is -0.393 e. The number of phosphoric acid groups is 1. The van der Waals surface area contributed by atoms with Crippen LogP contribution in [0.15, 0.2) is 21.9 Å². The molecular formula is C18H28FN3O15P2S. The van der Waals surface area contributed by atoms with Crippen LogP contribution in [0.4, 0.5) is 4.39 Å². The maximum Gasteiger partial charge on any atom is 0.481 e. The molecule has 1 aromatic heterocycles. The number of H-pyrrole nitrogens is 1. The van der Waals surface area contributed by atoms with E-state index in [1.807, 2.05) is 4.98 Å². The number of aliphatic hydroxyl groups is 4. The van der Waals surface area contributed by atoms with Gasteiger partial charge in [-0.15, -0.1) is 0 Å². The molecule has 0 bridgehead atoms. The second-order valence-corrected chi connectivity index (χ2v) is 13.6. The molecule has 0 aromatic carbocycles. The van der Waals surface area contributed by atoms with Gasteiger partial charge in [-0.3, -0.25) is 18.9 Å². The van der Waals surface area contributed by atoms with Crippen LogP contribution < -0.4 is 17.0 Å². The van der Waals surface area contributed by atoms with Gasteiger partial charge in [-0.05, 0) is 11.8 Å². The van der Waals surface area contributed by atoms with Gasteiger partial charge in [0.1, 0.15) is 18.4 Å². The van der Waals surface area contributed by atoms with Crippen LogP contribution >= 0.6 is 14.5 Å². The van der Waals surface area contributed by atoms with Crippen molar-refractivity contribution in [3.8, 4) is 0 Å². The van der Waals surface area contributed by atoms with Crippen molar-refractivity contribution >= 4 is 26.3 Å². The highest BCUT2D eigenvalue weighted by molar-refractivity contribution is 8.08. The van der Waals surface area contributed by atoms with E-state index < -0.39 is 106 Å². The van der Waals surface area contributed by atoms with Crippen molar-refractivity contribution in [2.24, 2.45) is 17.6 Å². The molecule has 1 aliphatic carbocycles. The van der Waals surface area contributed by atoms with Crippen LogP contribution in [0.3, 0.4) is 0 Å². The minimum absolute atomic E-state index is 0.628. The molecule has 3 aliphatic rings. The molecule has 18 nitrogen and oxygen atoms in total. The van der Waals surface area contributed by atoms with Crippen LogP contribution in [0.2, 0.25) is 0 Å². The molecule has 2 saturated heterocycles. The molecule has 4 rings (SSSR count). The Bertz CT molecular complexity index is 1300. The summed E-state index contributed by atoms with van der Waals surface area (Å²) in [5, 5.41) is 39.8. The van der Waals surface area contributed by atoms with Crippen molar-refractivity contribution in [3.63, 3.8) is 0 Å². The summed E-state index contributed by atoms with van der Waals surface area (Å²) >= 11 is 4.74. The lowest BCUT2D eigenvalue weighted by atomic mass is 9.87. The molecule has 8 unspecified atom stereocenters. The van der Waals surface area contributed by atoms with E-state index in [-0.39, 0.29) is 0 Å². The van der Waals surface area contributed by atoms with Crippen molar-refractivity contribution < 1.29 is 66.7 Å². The standard InChI is InChI=1S/C18H28FN3O15P2S/c1-32-14-11(20)7(34-15(14)22-3-2-8(24)21-17(22)27)5-33-39(31,40)37-38(29,30)36-16-10-13(26)12(25)9(6(19)4-23)18(10,28)35-16/h2-3,6-7,9-16,23,25-26,28H,4-5,20H2,1H3,(H,29,30)(H,31,40)(H,21,24,27)/t6-,7+,9?,10?,11+,12?,13?,14+,15+,16?,18?,39?/m0/s1. The number of phosphoric ester groups is 1. The van der Waals surface area contributed by atoms with E-state index in [2.05, 4.69) is 4.31 Å². The van der Waals surface area contributed by atoms with Gasteiger partial charge < -0.3 is 54.7 Å². The summed E-state index contributed by atoms with van der Waals surface area (Å²) in [5.41, 5.74) is 4.62. The maximum atomic E-state index is 14.0. The molecule has 3 heterocycles. The van der Waals surface area contributed by atoms with Crippen LogP contribution in [0, 0.1) is 11.8 Å². The summed E-state index contributed by atoms with van der Waals surface area (Å²) in [6.45, 7) is -6.34. The number of hydrogen-bond acceptors (Lipinski definition) is 15. The SMILES string of the molecule is CO[C@@H]1[C@H](N)[C@@H](COP(O)(=S)OP(=O)(O)OC2OC3(O)C2C(O)C(O)C3[C@@H](F)CO)O[C@H]1n1ccc(=O)[nH]c1=O. The Morgan fingerprint density at radius 2 is 2.00 bits per heavy atom. The first kappa shape index (κ1) is 31.9. The second kappa shape index (κ2) is 11.6. The van der Waals surface area contributed by atoms with Gasteiger partial charge in [-0.1, -0.05) is 0 Å². The second-order valence-electron chi connectivity index (χ2n) is 9.25. The summed E-state index contributed by atoms with van der Waals surface area (Å²) in [5.74, 6) is -5.98. The predicted molar refractivity (Wildman–Crippen MR) is 129 cm³/mol. The number of methoxy groups -OCH3 is 1. The summed E-state index contributed by atoms with van der Waals surface area (Å²) in [6.07, 6.45) is -9.96. The fourth-order valence-corrected chi connectivity index (χ4v) is 8.11. The number of aromatic amines is 1. The molecule has 13 atom stereocenters. The lowest BCUT2D eigenvalue weighted by molar-refractivity contribution is -0.426. The molecule has 0 amide bonds. The van der Waals surface area contributed by atoms with E-state index in [0.29, 0.717) is 0 Å². The maximum absolute atomic E-state index is 14.0. The summed E-state index contributed by atoms with van der Waals surface area (Å²) < 4.78 is 57.8. The molecule has 228 valence electrons. The zero-order valence-corrected chi connectivity index (χ0v) is 23.0. The molecule has 0 spiro atoms. The number of nitrogens with zero attached hydrogens (tertiary/aromatic N) is 1. The van der Waals surface area contributed by atoms with E-state index in [4.69, 9.17) is 45.9 Å². The molecule has 1 aromatic rings. The molecule has 22 heteroatoms. The quantitative estimate of drug-likeness (QED) is 0.109. The van der Waals surface area contributed by atoms with Crippen LogP contribution in [-0.2, 0) is 43.9 Å². The van der Waals surface area contributed by atoms with Gasteiger partial charge in [0, 0.05) is 19.4 Å². The van der Waals surface area contributed by atoms with Crippen LogP contribution in [0.1, 0.15) is 6.23 Å². The number of fused-ring (bicyclic) bond motifs is 1. The Morgan fingerprint density at radius 3 is 2.60 bits per heavy atom. The Morgan fingerprint density at radius 1 is 1.32 bits per heavy atom. The van der Waals surface area contributed by atoms with Crippen molar-refractivity contribution in [2.45, 2.75) is 54.9 Å². The van der Waals surface area contributed by atoms with Gasteiger partial charge in [-0.2, -0.15) is 0 Å². The predicted octanol–water partition coefficient (Wildman–Crippen LogP) is -3.51. The Labute approximate surface area is 228 Å². The summed E-state index contributed by atoms with van der Waals surface area (Å²) in [4.78, 5) is 46.0. The number of ether oxygens (including phenoxy) is 3. The number of alkyl halides is 1. The average Bonchev–Trinajstić information content (AvgIpc) is 3.23. The topological polar surface area (TPSA) is 275 Å². The molecule has 40 heavy (non-hydrogen) atoms. The number of nitrogens with one attached hydrogen (secondary N) is 1. The third kappa shape index (κ3) is 5.91. The lowest BCUT2D eigenvalue weighted by Gasteiger charge is -2.49. The van der Waals surface area contributed by atoms with Crippen molar-refractivity contribution in [1.29, 1.82) is 0 Å². The normalized spacial score (nSPS) is 41.1. The van der Waals surface area contributed by atoms with Gasteiger partial charge in [0.15, 0.2) is 18.3 Å². The fraction of sp³-hybridized carbons (Fsp3) is 0.778. The molecule has 1 saturated carbocycles. The van der Waals surface area contributed by atoms with E-state index in [0.717, 1.165) is 16.8 Å². The number of hydrogen-bond donors (Lipinski definition) is 8. The average molecular weight is 639 g/mol. The first-order chi connectivity index (χ1) is 18.5. The van der Waals surface area contributed by atoms with Crippen LogP contribution in [0.5, 0.6) is 0 Å². The van der Waals surface area contributed by atoms with Crippen LogP contribution in [-0.4, -0.2) is 109 Å². The molecule has 2 aliphatic heterocycles. The van der Waals surface area contributed by atoms with Crippen molar-refractivity contribution in [3.05, 3.63) is 33.1 Å². The Kier molecular flexibility index (Phi) is 9.23. The van der Waals surface area contributed by atoms with E-state index in [1.165, 1.54) is 7.11 Å². The van der Waals surface area contributed by atoms with E-state index >= 15 is 0 Å². The lowest BCUT2D eigenvalue weighted by Crippen LogP contribution is -2.64. The van der Waals surface area contributed by atoms with Gasteiger partial charge >= 0.3 is 20.2 Å². The highest BCUT2D eigenvalue weighted by Gasteiger charge is 2.73. The zero-order chi connectivity index (χ0) is 29.8. The van der Waals surface area contributed by atoms with Gasteiger partial charge in [0.2, 0.25) is 0 Å². The van der Waals surface area contributed by atoms with Crippen molar-refractivity contribution in [2.75, 3.05) is 20.3 Å². The largest absolute Gasteiger partial charge is 0.481 e. The number of aliphatic hydroxyl groups excluding tert-OH is 3. The third-order valence-corrected chi connectivity index (χ3v) is 10.4. The molecule has 3 fully saturated rings. The number of nitrogens with two attached hydrogens (primary N) is 1. The zero-order valence-electron chi connectivity index (χ0n) is 20.4. The molecule has 9 N–H and O–H groups in total. The Hall–Kier alpha value is -1.03. The first-order valence-electron chi connectivity index (χ1n) is 11.5. The first-order valence-corrected chi connectivity index (χ1v) is 15.6. The van der Waals surface area contributed by atoms with Gasteiger partial charge in [0.05, 0.1) is 43.3 Å². The smallest absolute Gasteiger partial charge is 0.393 e. The third-order valence-electron chi connectivity index (χ3n) is 6.85. The highest BCUT2D eigenvalue weighted by atomic mass is 32.5. The number of rotatable bonds is 11. The molecule has 0 radical (unpaired) electrons. The molecular weight excluding hydrogens is 611 g/mol.